The van der Waals surface area contributed by atoms with Gasteiger partial charge in [-0.3, -0.25) is 4.79 Å². The van der Waals surface area contributed by atoms with Crippen LogP contribution in [-0.2, 0) is 14.8 Å². The lowest BCUT2D eigenvalue weighted by atomic mass is 10.0. The molecule has 26 heavy (non-hydrogen) atoms. The molecular formula is C18H24N2O4S2. The molecule has 2 aromatic rings. The van der Waals surface area contributed by atoms with E-state index >= 15 is 0 Å². The molecule has 0 saturated carbocycles. The topological polar surface area (TPSA) is 84.5 Å². The van der Waals surface area contributed by atoms with Crippen LogP contribution in [0.5, 0.6) is 5.75 Å². The maximum atomic E-state index is 13.1. The summed E-state index contributed by atoms with van der Waals surface area (Å²) in [5, 5.41) is 4.52. The van der Waals surface area contributed by atoms with Crippen LogP contribution >= 0.6 is 11.3 Å². The van der Waals surface area contributed by atoms with E-state index in [4.69, 9.17) is 4.74 Å². The largest absolute Gasteiger partial charge is 0.492 e. The smallest absolute Gasteiger partial charge is 0.244 e. The number of sulfonamides is 1. The highest BCUT2D eigenvalue weighted by molar-refractivity contribution is 7.89. The molecule has 2 N–H and O–H groups in total. The minimum atomic E-state index is -3.86. The first-order chi connectivity index (χ1) is 12.2. The average Bonchev–Trinajstić information content (AvgIpc) is 3.07. The summed E-state index contributed by atoms with van der Waals surface area (Å²) in [7, 11) is -3.86. The van der Waals surface area contributed by atoms with Crippen LogP contribution in [0.1, 0.15) is 38.6 Å². The Morgan fingerprint density at radius 2 is 2.00 bits per heavy atom. The molecule has 0 saturated heterocycles. The standard InChI is InChI=1S/C18H24N2O4S2/c1-5-24-15-9-8-14(19-13(4)21)11-17(15)26(22,23)20-18(12(2)3)16-7-6-10-25-16/h6-12,18,20H,5H2,1-4H3,(H,19,21)/t18-/m0/s1. The van der Waals surface area contributed by atoms with E-state index < -0.39 is 10.0 Å². The molecule has 0 aliphatic heterocycles. The summed E-state index contributed by atoms with van der Waals surface area (Å²) in [6, 6.07) is 8.05. The molecule has 1 amide bonds. The van der Waals surface area contributed by atoms with Crippen molar-refractivity contribution in [2.24, 2.45) is 5.92 Å². The third-order valence-electron chi connectivity index (χ3n) is 3.65. The van der Waals surface area contributed by atoms with Crippen LogP contribution in [0.2, 0.25) is 0 Å². The van der Waals surface area contributed by atoms with Gasteiger partial charge in [0.15, 0.2) is 0 Å². The van der Waals surface area contributed by atoms with Crippen LogP contribution in [0.25, 0.3) is 0 Å². The van der Waals surface area contributed by atoms with Gasteiger partial charge in [0.2, 0.25) is 15.9 Å². The maximum absolute atomic E-state index is 13.1. The highest BCUT2D eigenvalue weighted by atomic mass is 32.2. The van der Waals surface area contributed by atoms with Gasteiger partial charge in [0.05, 0.1) is 12.6 Å². The van der Waals surface area contributed by atoms with Crippen molar-refractivity contribution in [1.82, 2.24) is 4.72 Å². The number of hydrogen-bond donors (Lipinski definition) is 2. The predicted octanol–water partition coefficient (Wildman–Crippen LogP) is 3.78. The SMILES string of the molecule is CCOc1ccc(NC(C)=O)cc1S(=O)(=O)N[C@H](c1cccs1)C(C)C. The van der Waals surface area contributed by atoms with Crippen molar-refractivity contribution in [2.45, 2.75) is 38.6 Å². The second kappa shape index (κ2) is 8.66. The van der Waals surface area contributed by atoms with Crippen molar-refractivity contribution in [2.75, 3.05) is 11.9 Å². The average molecular weight is 397 g/mol. The molecule has 8 heteroatoms. The minimum Gasteiger partial charge on any atom is -0.492 e. The molecule has 0 aliphatic carbocycles. The first-order valence-corrected chi connectivity index (χ1v) is 10.7. The van der Waals surface area contributed by atoms with Crippen LogP contribution in [0.15, 0.2) is 40.6 Å². The van der Waals surface area contributed by atoms with E-state index in [2.05, 4.69) is 10.0 Å². The predicted molar refractivity (Wildman–Crippen MR) is 104 cm³/mol. The summed E-state index contributed by atoms with van der Waals surface area (Å²) < 4.78 is 34.4. The number of thiophene rings is 1. The summed E-state index contributed by atoms with van der Waals surface area (Å²) in [6.07, 6.45) is 0. The van der Waals surface area contributed by atoms with Crippen LogP contribution in [0.4, 0.5) is 5.69 Å². The van der Waals surface area contributed by atoms with Crippen molar-refractivity contribution in [1.29, 1.82) is 0 Å². The molecule has 6 nitrogen and oxygen atoms in total. The third kappa shape index (κ3) is 5.06. The second-order valence-electron chi connectivity index (χ2n) is 6.13. The fourth-order valence-corrected chi connectivity index (χ4v) is 5.05. The molecule has 0 fully saturated rings. The number of carbonyl (C=O) groups excluding carboxylic acids is 1. The Morgan fingerprint density at radius 3 is 2.54 bits per heavy atom. The first-order valence-electron chi connectivity index (χ1n) is 8.34. The lowest BCUT2D eigenvalue weighted by Gasteiger charge is -2.22. The van der Waals surface area contributed by atoms with Crippen LogP contribution in [-0.4, -0.2) is 20.9 Å². The Morgan fingerprint density at radius 1 is 1.27 bits per heavy atom. The minimum absolute atomic E-state index is 0.00723. The fourth-order valence-electron chi connectivity index (χ4n) is 2.50. The Labute approximate surface area is 158 Å². The summed E-state index contributed by atoms with van der Waals surface area (Å²) in [5.41, 5.74) is 0.401. The number of ether oxygens (including phenoxy) is 1. The zero-order valence-electron chi connectivity index (χ0n) is 15.3. The summed E-state index contributed by atoms with van der Waals surface area (Å²) in [4.78, 5) is 12.3. The molecule has 0 unspecified atom stereocenters. The van der Waals surface area contributed by atoms with Gasteiger partial charge < -0.3 is 10.1 Å². The van der Waals surface area contributed by atoms with Gasteiger partial charge in [0.25, 0.3) is 0 Å². The van der Waals surface area contributed by atoms with Gasteiger partial charge in [-0.25, -0.2) is 13.1 Å². The van der Waals surface area contributed by atoms with Crippen LogP contribution in [0, 0.1) is 5.92 Å². The molecule has 1 heterocycles. The van der Waals surface area contributed by atoms with E-state index in [9.17, 15) is 13.2 Å². The van der Waals surface area contributed by atoms with E-state index in [0.717, 1.165) is 4.88 Å². The van der Waals surface area contributed by atoms with E-state index in [0.29, 0.717) is 12.3 Å². The molecule has 1 atom stereocenters. The Bertz CT molecular complexity index is 846. The number of amides is 1. The normalized spacial score (nSPS) is 12.8. The maximum Gasteiger partial charge on any atom is 0.244 e. The van der Waals surface area contributed by atoms with Crippen molar-refractivity contribution in [3.05, 3.63) is 40.6 Å². The number of rotatable bonds is 8. The lowest BCUT2D eigenvalue weighted by molar-refractivity contribution is -0.114. The number of hydrogen-bond acceptors (Lipinski definition) is 5. The number of nitrogens with one attached hydrogen (secondary N) is 2. The molecule has 0 radical (unpaired) electrons. The summed E-state index contributed by atoms with van der Waals surface area (Å²) >= 11 is 1.51. The number of carbonyl (C=O) groups is 1. The highest BCUT2D eigenvalue weighted by Gasteiger charge is 2.27. The van der Waals surface area contributed by atoms with E-state index in [1.165, 1.54) is 24.3 Å². The van der Waals surface area contributed by atoms with E-state index in [1.807, 2.05) is 31.4 Å². The monoisotopic (exact) mass is 396 g/mol. The molecule has 0 aliphatic rings. The Hall–Kier alpha value is -1.90. The molecule has 0 spiro atoms. The lowest BCUT2D eigenvalue weighted by Crippen LogP contribution is -2.31. The van der Waals surface area contributed by atoms with Crippen LogP contribution < -0.4 is 14.8 Å². The molecule has 2 rings (SSSR count). The van der Waals surface area contributed by atoms with Gasteiger partial charge in [0.1, 0.15) is 10.6 Å². The van der Waals surface area contributed by atoms with Crippen molar-refractivity contribution in [3.8, 4) is 5.75 Å². The zero-order chi connectivity index (χ0) is 19.3. The zero-order valence-corrected chi connectivity index (χ0v) is 16.9. The second-order valence-corrected chi connectivity index (χ2v) is 8.80. The fraction of sp³-hybridized carbons (Fsp3) is 0.389. The van der Waals surface area contributed by atoms with Crippen molar-refractivity contribution in [3.63, 3.8) is 0 Å². The summed E-state index contributed by atoms with van der Waals surface area (Å²) in [5.74, 6) is 0.0457. The highest BCUT2D eigenvalue weighted by Crippen LogP contribution is 2.32. The van der Waals surface area contributed by atoms with E-state index in [-0.39, 0.29) is 28.5 Å². The molecule has 1 aromatic carbocycles. The van der Waals surface area contributed by atoms with Gasteiger partial charge in [-0.1, -0.05) is 19.9 Å². The molecule has 142 valence electrons. The van der Waals surface area contributed by atoms with Crippen molar-refractivity contribution >= 4 is 33.0 Å². The molecular weight excluding hydrogens is 372 g/mol. The van der Waals surface area contributed by atoms with Gasteiger partial charge in [0, 0.05) is 17.5 Å². The number of benzene rings is 1. The molecule has 1 aromatic heterocycles. The van der Waals surface area contributed by atoms with Gasteiger partial charge >= 0.3 is 0 Å². The summed E-state index contributed by atoms with van der Waals surface area (Å²) in [6.45, 7) is 7.41. The third-order valence-corrected chi connectivity index (χ3v) is 6.07. The quantitative estimate of drug-likeness (QED) is 0.711. The van der Waals surface area contributed by atoms with Gasteiger partial charge in [-0.05, 0) is 42.5 Å². The van der Waals surface area contributed by atoms with Gasteiger partial charge in [-0.15, -0.1) is 11.3 Å². The number of anilines is 1. The molecule has 0 bridgehead atoms. The Balaban J connectivity index is 2.43. The van der Waals surface area contributed by atoms with Gasteiger partial charge in [-0.2, -0.15) is 0 Å². The van der Waals surface area contributed by atoms with Crippen molar-refractivity contribution < 1.29 is 17.9 Å². The van der Waals surface area contributed by atoms with E-state index in [1.54, 1.807) is 19.1 Å². The van der Waals surface area contributed by atoms with Crippen LogP contribution in [0.3, 0.4) is 0 Å². The first kappa shape index (κ1) is 20.4. The Kier molecular flexibility index (Phi) is 6.80.